The van der Waals surface area contributed by atoms with E-state index in [1.165, 1.54) is 4.90 Å². The van der Waals surface area contributed by atoms with Gasteiger partial charge in [-0.15, -0.1) is 0 Å². The van der Waals surface area contributed by atoms with Gasteiger partial charge < -0.3 is 4.90 Å². The van der Waals surface area contributed by atoms with Crippen molar-refractivity contribution in [1.29, 1.82) is 10.5 Å². The zero-order valence-corrected chi connectivity index (χ0v) is 11.3. The molecule has 0 aliphatic heterocycles. The average molecular weight is 283 g/mol. The molecule has 0 radical (unpaired) electrons. The summed E-state index contributed by atoms with van der Waals surface area (Å²) in [6.07, 6.45) is 0. The molecule has 0 aliphatic carbocycles. The molecule has 0 saturated heterocycles. The molecule has 0 bridgehead atoms. The van der Waals surface area contributed by atoms with E-state index in [-0.39, 0.29) is 17.8 Å². The van der Waals surface area contributed by atoms with E-state index in [1.807, 2.05) is 6.07 Å². The van der Waals surface area contributed by atoms with Crippen LogP contribution in [0.3, 0.4) is 0 Å². The number of benzene rings is 2. The van der Waals surface area contributed by atoms with Gasteiger partial charge >= 0.3 is 0 Å². The van der Waals surface area contributed by atoms with Gasteiger partial charge in [0.25, 0.3) is 0 Å². The van der Waals surface area contributed by atoms with Crippen molar-refractivity contribution in [3.63, 3.8) is 0 Å². The van der Waals surface area contributed by atoms with E-state index in [4.69, 9.17) is 10.5 Å². The van der Waals surface area contributed by atoms with Crippen molar-refractivity contribution >= 4 is 5.69 Å². The first kappa shape index (κ1) is 14.5. The maximum atomic E-state index is 13.9. The Morgan fingerprint density at radius 3 is 2.19 bits per heavy atom. The largest absolute Gasteiger partial charge is 0.366 e. The number of hydrogen-bond donors (Lipinski definition) is 0. The molecular formula is C16H11F2N3. The van der Waals surface area contributed by atoms with E-state index >= 15 is 0 Å². The van der Waals surface area contributed by atoms with Crippen molar-refractivity contribution in [2.75, 3.05) is 11.9 Å². The molecule has 0 heterocycles. The first-order valence-corrected chi connectivity index (χ1v) is 6.14. The lowest BCUT2D eigenvalue weighted by atomic mass is 10.1. The van der Waals surface area contributed by atoms with Crippen molar-refractivity contribution in [3.8, 4) is 12.1 Å². The Balaban J connectivity index is 2.31. The molecule has 0 saturated carbocycles. The molecule has 0 fully saturated rings. The maximum Gasteiger partial charge on any atom is 0.150 e. The molecule has 0 aromatic heterocycles. The van der Waals surface area contributed by atoms with E-state index in [2.05, 4.69) is 0 Å². The molecule has 2 aromatic carbocycles. The Bertz CT molecular complexity index is 734. The minimum absolute atomic E-state index is 0.0615. The summed E-state index contributed by atoms with van der Waals surface area (Å²) in [5.41, 5.74) is 0.992. The number of halogens is 2. The van der Waals surface area contributed by atoms with Gasteiger partial charge in [0.1, 0.15) is 5.69 Å². The van der Waals surface area contributed by atoms with Gasteiger partial charge in [0, 0.05) is 13.6 Å². The highest BCUT2D eigenvalue weighted by molar-refractivity contribution is 5.52. The topological polar surface area (TPSA) is 50.8 Å². The third-order valence-corrected chi connectivity index (χ3v) is 3.00. The smallest absolute Gasteiger partial charge is 0.150 e. The van der Waals surface area contributed by atoms with Crippen LogP contribution in [0.25, 0.3) is 0 Å². The zero-order valence-electron chi connectivity index (χ0n) is 11.3. The van der Waals surface area contributed by atoms with Crippen LogP contribution in [0.15, 0.2) is 36.4 Å². The van der Waals surface area contributed by atoms with Crippen molar-refractivity contribution in [2.45, 2.75) is 6.54 Å². The fourth-order valence-electron chi connectivity index (χ4n) is 2.09. The highest BCUT2D eigenvalue weighted by atomic mass is 19.1. The summed E-state index contributed by atoms with van der Waals surface area (Å²) in [6.45, 7) is 0.245. The monoisotopic (exact) mass is 283 g/mol. The lowest BCUT2D eigenvalue weighted by Gasteiger charge is -2.21. The van der Waals surface area contributed by atoms with Gasteiger partial charge in [0.05, 0.1) is 23.3 Å². The fraction of sp³-hybridized carbons (Fsp3) is 0.125. The van der Waals surface area contributed by atoms with Crippen LogP contribution >= 0.6 is 0 Å². The van der Waals surface area contributed by atoms with E-state index in [0.29, 0.717) is 5.56 Å². The van der Waals surface area contributed by atoms with Crippen molar-refractivity contribution in [2.24, 2.45) is 0 Å². The van der Waals surface area contributed by atoms with E-state index in [1.54, 1.807) is 37.4 Å². The van der Waals surface area contributed by atoms with Crippen LogP contribution in [-0.2, 0) is 6.54 Å². The number of rotatable bonds is 3. The van der Waals surface area contributed by atoms with Crippen molar-refractivity contribution in [3.05, 3.63) is 64.7 Å². The predicted molar refractivity (Wildman–Crippen MR) is 74.3 cm³/mol. The molecule has 3 nitrogen and oxygen atoms in total. The quantitative estimate of drug-likeness (QED) is 0.868. The molecule has 5 heteroatoms. The second-order valence-corrected chi connectivity index (χ2v) is 4.57. The first-order chi connectivity index (χ1) is 10.0. The minimum Gasteiger partial charge on any atom is -0.366 e. The lowest BCUT2D eigenvalue weighted by Crippen LogP contribution is -2.19. The molecule has 0 atom stereocenters. The van der Waals surface area contributed by atoms with E-state index in [0.717, 1.165) is 17.7 Å². The highest BCUT2D eigenvalue weighted by Crippen LogP contribution is 2.25. The van der Waals surface area contributed by atoms with Gasteiger partial charge in [-0.3, -0.25) is 0 Å². The van der Waals surface area contributed by atoms with Gasteiger partial charge in [-0.05, 0) is 29.8 Å². The van der Waals surface area contributed by atoms with Gasteiger partial charge in [0.15, 0.2) is 11.6 Å². The van der Waals surface area contributed by atoms with Crippen LogP contribution in [0.5, 0.6) is 0 Å². The summed E-state index contributed by atoms with van der Waals surface area (Å²) < 4.78 is 27.8. The first-order valence-electron chi connectivity index (χ1n) is 6.14. The van der Waals surface area contributed by atoms with Crippen molar-refractivity contribution in [1.82, 2.24) is 0 Å². The second-order valence-electron chi connectivity index (χ2n) is 4.57. The fourth-order valence-corrected chi connectivity index (χ4v) is 2.09. The number of anilines is 1. The lowest BCUT2D eigenvalue weighted by molar-refractivity contribution is 0.576. The van der Waals surface area contributed by atoms with Crippen LogP contribution in [0, 0.1) is 34.3 Å². The Hall–Kier alpha value is -2.92. The summed E-state index contributed by atoms with van der Waals surface area (Å²) >= 11 is 0. The summed E-state index contributed by atoms with van der Waals surface area (Å²) in [4.78, 5) is 1.41. The van der Waals surface area contributed by atoms with Crippen LogP contribution in [-0.4, -0.2) is 7.05 Å². The molecule has 104 valence electrons. The van der Waals surface area contributed by atoms with E-state index < -0.39 is 11.6 Å². The minimum atomic E-state index is -0.787. The van der Waals surface area contributed by atoms with Crippen molar-refractivity contribution < 1.29 is 8.78 Å². The molecule has 0 amide bonds. The third-order valence-electron chi connectivity index (χ3n) is 3.00. The molecule has 0 N–H and O–H groups in total. The molecule has 2 aromatic rings. The Morgan fingerprint density at radius 1 is 1.00 bits per heavy atom. The molecule has 0 spiro atoms. The van der Waals surface area contributed by atoms with Crippen LogP contribution < -0.4 is 4.90 Å². The SMILES string of the molecule is CN(Cc1cccc(C#N)c1)c1c(F)cc(C#N)cc1F. The maximum absolute atomic E-state index is 13.9. The van der Waals surface area contributed by atoms with Gasteiger partial charge in [-0.2, -0.15) is 10.5 Å². The number of nitrogens with zero attached hydrogens (tertiary/aromatic N) is 3. The average Bonchev–Trinajstić information content (AvgIpc) is 2.46. The Kier molecular flexibility index (Phi) is 4.15. The summed E-state index contributed by atoms with van der Waals surface area (Å²) in [7, 11) is 1.55. The molecule has 2 rings (SSSR count). The van der Waals surface area contributed by atoms with E-state index in [9.17, 15) is 8.78 Å². The molecule has 21 heavy (non-hydrogen) atoms. The van der Waals surface area contributed by atoms with Crippen LogP contribution in [0.2, 0.25) is 0 Å². The molecule has 0 unspecified atom stereocenters. The predicted octanol–water partition coefficient (Wildman–Crippen LogP) is 3.34. The van der Waals surface area contributed by atoms with Gasteiger partial charge in [0.2, 0.25) is 0 Å². The number of nitriles is 2. The normalized spacial score (nSPS) is 9.76. The van der Waals surface area contributed by atoms with Crippen LogP contribution in [0.4, 0.5) is 14.5 Å². The molecular weight excluding hydrogens is 272 g/mol. The van der Waals surface area contributed by atoms with Gasteiger partial charge in [-0.25, -0.2) is 8.78 Å². The summed E-state index contributed by atoms with van der Waals surface area (Å²) in [6, 6.07) is 12.5. The Morgan fingerprint density at radius 2 is 1.62 bits per heavy atom. The standard InChI is InChI=1S/C16H11F2N3/c1-21(10-12-4-2-3-11(5-12)8-19)16-14(17)6-13(9-20)7-15(16)18/h2-7H,10H2,1H3. The Labute approximate surface area is 121 Å². The second kappa shape index (κ2) is 6.02. The van der Waals surface area contributed by atoms with Gasteiger partial charge in [-0.1, -0.05) is 12.1 Å². The summed E-state index contributed by atoms with van der Waals surface area (Å²) in [5, 5.41) is 17.5. The number of hydrogen-bond acceptors (Lipinski definition) is 3. The molecule has 0 aliphatic rings. The highest BCUT2D eigenvalue weighted by Gasteiger charge is 2.15. The van der Waals surface area contributed by atoms with Crippen LogP contribution in [0.1, 0.15) is 16.7 Å². The summed E-state index contributed by atoms with van der Waals surface area (Å²) in [5.74, 6) is -1.57. The third kappa shape index (κ3) is 3.16. The zero-order chi connectivity index (χ0) is 15.4.